The normalized spacial score (nSPS) is 35.7. The van der Waals surface area contributed by atoms with E-state index >= 15 is 0 Å². The fourth-order valence-electron chi connectivity index (χ4n) is 7.12. The third-order valence-corrected chi connectivity index (χ3v) is 7.86. The molecule has 1 aromatic heterocycles. The minimum atomic E-state index is -0.0868. The van der Waals surface area contributed by atoms with Crippen LogP contribution in [0.25, 0.3) is 0 Å². The molecule has 7 heteroatoms. The highest BCUT2D eigenvalue weighted by Gasteiger charge is 2.51. The summed E-state index contributed by atoms with van der Waals surface area (Å²) in [6, 6.07) is -0.0868. The maximum atomic E-state index is 12.9. The largest absolute Gasteiger partial charge is 0.347 e. The van der Waals surface area contributed by atoms with Crippen molar-refractivity contribution in [1.29, 1.82) is 0 Å². The van der Waals surface area contributed by atoms with Crippen molar-refractivity contribution in [2.24, 2.45) is 30.2 Å². The summed E-state index contributed by atoms with van der Waals surface area (Å²) in [5, 5.41) is 6.31. The number of hydrogen-bond donors (Lipinski definition) is 2. The monoisotopic (exact) mass is 399 g/mol. The number of piperazine rings is 1. The highest BCUT2D eigenvalue weighted by Crippen LogP contribution is 2.61. The van der Waals surface area contributed by atoms with Gasteiger partial charge < -0.3 is 20.1 Å². The molecule has 0 aromatic carbocycles. The molecule has 7 nitrogen and oxygen atoms in total. The lowest BCUT2D eigenvalue weighted by atomic mass is 9.49. The lowest BCUT2D eigenvalue weighted by molar-refractivity contribution is -0.137. The van der Waals surface area contributed by atoms with Crippen LogP contribution in [0.15, 0.2) is 12.4 Å². The zero-order valence-electron chi connectivity index (χ0n) is 17.4. The number of imidazole rings is 1. The predicted molar refractivity (Wildman–Crippen MR) is 109 cm³/mol. The number of nitrogens with zero attached hydrogens (tertiary/aromatic N) is 3. The van der Waals surface area contributed by atoms with Gasteiger partial charge in [-0.1, -0.05) is 0 Å². The molecule has 2 amide bonds. The van der Waals surface area contributed by atoms with Crippen molar-refractivity contribution in [3.05, 3.63) is 18.2 Å². The van der Waals surface area contributed by atoms with Crippen LogP contribution in [0.2, 0.25) is 0 Å². The molecule has 1 aliphatic heterocycles. The van der Waals surface area contributed by atoms with Crippen molar-refractivity contribution < 1.29 is 9.59 Å². The molecule has 158 valence electrons. The third kappa shape index (κ3) is 3.69. The summed E-state index contributed by atoms with van der Waals surface area (Å²) in [5.41, 5.74) is 0.215. The Balaban J connectivity index is 1.18. The fraction of sp³-hybridized carbons (Fsp3) is 0.773. The first-order valence-electron chi connectivity index (χ1n) is 11.3. The SMILES string of the molecule is Cn1ccnc1C1CNCCN1C(=O)CNC(=O)CC12CC3CC(CC(C3)C1)C2. The van der Waals surface area contributed by atoms with Gasteiger partial charge in [0.05, 0.1) is 6.54 Å². The Bertz CT molecular complexity index is 753. The van der Waals surface area contributed by atoms with Gasteiger partial charge >= 0.3 is 0 Å². The molecule has 0 radical (unpaired) electrons. The lowest BCUT2D eigenvalue weighted by Gasteiger charge is -2.56. The first kappa shape index (κ1) is 19.1. The smallest absolute Gasteiger partial charge is 0.242 e. The number of amides is 2. The molecule has 2 heterocycles. The molecule has 4 aliphatic carbocycles. The van der Waals surface area contributed by atoms with Crippen LogP contribution >= 0.6 is 0 Å². The van der Waals surface area contributed by atoms with Crippen molar-refractivity contribution in [1.82, 2.24) is 25.1 Å². The Morgan fingerprint density at radius 1 is 1.21 bits per heavy atom. The van der Waals surface area contributed by atoms with Gasteiger partial charge in [0.25, 0.3) is 0 Å². The number of nitrogens with one attached hydrogen (secondary N) is 2. The van der Waals surface area contributed by atoms with Crippen molar-refractivity contribution >= 4 is 11.8 Å². The zero-order chi connectivity index (χ0) is 20.0. The zero-order valence-corrected chi connectivity index (χ0v) is 17.4. The Morgan fingerprint density at radius 3 is 2.52 bits per heavy atom. The Labute approximate surface area is 172 Å². The summed E-state index contributed by atoms with van der Waals surface area (Å²) in [7, 11) is 1.95. The topological polar surface area (TPSA) is 79.3 Å². The van der Waals surface area contributed by atoms with E-state index in [2.05, 4.69) is 15.6 Å². The van der Waals surface area contributed by atoms with Gasteiger partial charge in [0, 0.05) is 45.5 Å². The number of hydrogen-bond acceptors (Lipinski definition) is 4. The highest BCUT2D eigenvalue weighted by molar-refractivity contribution is 5.85. The number of rotatable bonds is 5. The van der Waals surface area contributed by atoms with Gasteiger partial charge in [0.2, 0.25) is 11.8 Å². The minimum absolute atomic E-state index is 0.0154. The quantitative estimate of drug-likeness (QED) is 0.789. The summed E-state index contributed by atoms with van der Waals surface area (Å²) in [4.78, 5) is 32.0. The van der Waals surface area contributed by atoms with Crippen molar-refractivity contribution in [3.63, 3.8) is 0 Å². The molecule has 1 aromatic rings. The Hall–Kier alpha value is -1.89. The van der Waals surface area contributed by atoms with E-state index in [0.717, 1.165) is 30.1 Å². The van der Waals surface area contributed by atoms with Gasteiger partial charge in [0.15, 0.2) is 0 Å². The van der Waals surface area contributed by atoms with E-state index < -0.39 is 0 Å². The van der Waals surface area contributed by atoms with E-state index in [-0.39, 0.29) is 29.8 Å². The molecule has 2 N–H and O–H groups in total. The first-order valence-corrected chi connectivity index (χ1v) is 11.3. The maximum Gasteiger partial charge on any atom is 0.242 e. The number of carbonyl (C=O) groups is 2. The summed E-state index contributed by atoms with van der Waals surface area (Å²) >= 11 is 0. The van der Waals surface area contributed by atoms with Gasteiger partial charge in [-0.15, -0.1) is 0 Å². The molecule has 5 fully saturated rings. The standard InChI is InChI=1S/C22H33N5O2/c1-26-4-3-24-21(26)18-13-23-2-5-27(18)20(29)14-25-19(28)12-22-9-15-6-16(10-22)8-17(7-15)11-22/h3-4,15-18,23H,2,5-14H2,1H3,(H,25,28). The van der Waals surface area contributed by atoms with Crippen LogP contribution in [-0.4, -0.2) is 52.4 Å². The molecule has 4 bridgehead atoms. The van der Waals surface area contributed by atoms with Crippen LogP contribution in [0.5, 0.6) is 0 Å². The predicted octanol–water partition coefficient (Wildman–Crippen LogP) is 1.62. The Morgan fingerprint density at radius 2 is 1.90 bits per heavy atom. The summed E-state index contributed by atoms with van der Waals surface area (Å²) in [6.45, 7) is 2.19. The number of aromatic nitrogens is 2. The summed E-state index contributed by atoms with van der Waals surface area (Å²) < 4.78 is 1.96. The van der Waals surface area contributed by atoms with E-state index in [1.165, 1.54) is 38.5 Å². The molecule has 1 saturated heterocycles. The van der Waals surface area contributed by atoms with Crippen LogP contribution in [-0.2, 0) is 16.6 Å². The van der Waals surface area contributed by atoms with Crippen molar-refractivity contribution in [3.8, 4) is 0 Å². The summed E-state index contributed by atoms with van der Waals surface area (Å²) in [5.74, 6) is 3.45. The van der Waals surface area contributed by atoms with Crippen LogP contribution in [0.4, 0.5) is 0 Å². The second-order valence-corrected chi connectivity index (χ2v) is 10.1. The van der Waals surface area contributed by atoms with Gasteiger partial charge in [-0.25, -0.2) is 4.98 Å². The molecule has 1 unspecified atom stereocenters. The molecule has 5 aliphatic rings. The summed E-state index contributed by atoms with van der Waals surface area (Å²) in [6.07, 6.45) is 12.1. The van der Waals surface area contributed by atoms with Crippen LogP contribution in [0.1, 0.15) is 56.8 Å². The van der Waals surface area contributed by atoms with E-state index in [9.17, 15) is 9.59 Å². The van der Waals surface area contributed by atoms with Crippen molar-refractivity contribution in [2.45, 2.75) is 51.0 Å². The molecule has 4 saturated carbocycles. The van der Waals surface area contributed by atoms with Gasteiger partial charge in [-0.05, 0) is 61.7 Å². The van der Waals surface area contributed by atoms with Gasteiger partial charge in [-0.3, -0.25) is 9.59 Å². The Kier molecular flexibility index (Phi) is 4.88. The number of aryl methyl sites for hydroxylation is 1. The number of carbonyl (C=O) groups excluding carboxylic acids is 2. The van der Waals surface area contributed by atoms with E-state index in [1.54, 1.807) is 6.20 Å². The highest BCUT2D eigenvalue weighted by atomic mass is 16.2. The fourth-order valence-corrected chi connectivity index (χ4v) is 7.12. The van der Waals surface area contributed by atoms with Crippen LogP contribution < -0.4 is 10.6 Å². The van der Waals surface area contributed by atoms with Crippen molar-refractivity contribution in [2.75, 3.05) is 26.2 Å². The molecular weight excluding hydrogens is 366 g/mol. The van der Waals surface area contributed by atoms with Gasteiger partial charge in [0.1, 0.15) is 11.9 Å². The average molecular weight is 400 g/mol. The second-order valence-electron chi connectivity index (χ2n) is 10.1. The van der Waals surface area contributed by atoms with E-state index in [1.807, 2.05) is 22.7 Å². The second kappa shape index (κ2) is 7.42. The lowest BCUT2D eigenvalue weighted by Crippen LogP contribution is -2.52. The maximum absolute atomic E-state index is 12.9. The van der Waals surface area contributed by atoms with E-state index in [4.69, 9.17) is 0 Å². The van der Waals surface area contributed by atoms with Crippen LogP contribution in [0.3, 0.4) is 0 Å². The third-order valence-electron chi connectivity index (χ3n) is 7.86. The minimum Gasteiger partial charge on any atom is -0.347 e. The molecule has 0 spiro atoms. The average Bonchev–Trinajstić information content (AvgIpc) is 3.10. The van der Waals surface area contributed by atoms with Gasteiger partial charge in [-0.2, -0.15) is 0 Å². The molecular formula is C22H33N5O2. The first-order chi connectivity index (χ1) is 14.0. The van der Waals surface area contributed by atoms with E-state index in [0.29, 0.717) is 19.5 Å². The molecule has 6 rings (SSSR count). The van der Waals surface area contributed by atoms with Crippen LogP contribution in [0, 0.1) is 23.2 Å². The molecule has 1 atom stereocenters. The molecule has 29 heavy (non-hydrogen) atoms.